The van der Waals surface area contributed by atoms with Crippen LogP contribution in [-0.2, 0) is 32.5 Å². The van der Waals surface area contributed by atoms with Gasteiger partial charge in [0.1, 0.15) is 5.75 Å². The Balaban J connectivity index is 0.00000361. The second kappa shape index (κ2) is 11.4. The van der Waals surface area contributed by atoms with Gasteiger partial charge in [0, 0.05) is 49.9 Å². The normalized spacial score (nSPS) is 11.9. The summed E-state index contributed by atoms with van der Waals surface area (Å²) in [5.41, 5.74) is 3.60. The van der Waals surface area contributed by atoms with E-state index in [1.54, 1.807) is 6.21 Å². The Kier molecular flexibility index (Phi) is 8.90. The number of phenolic OH excluding ortho intramolecular Hbond substituents is 1. The Labute approximate surface area is 238 Å². The second-order valence-electron chi connectivity index (χ2n) is 9.72. The maximum absolute atomic E-state index is 11.6. The molecule has 2 nitrogen and oxygen atoms in total. The molecule has 1 N–H and O–H groups in total. The van der Waals surface area contributed by atoms with E-state index in [9.17, 15) is 5.11 Å². The minimum atomic E-state index is -0.593. The fraction of sp³-hybridized carbons (Fsp3) is 0.194. The standard InChI is InChI=1S/C31H29Cl2NO.Ti/c1-30(2,21-14-8-5-9-15-21)25-27(32)24(20-34-23-18-12-7-13-19-23)29(35)26(28(25)33)31(3,4)22-16-10-6-11-17-22;/h5-20,35H,1-4H3;. The van der Waals surface area contributed by atoms with Crippen molar-refractivity contribution in [3.05, 3.63) is 129 Å². The number of halogens is 2. The summed E-state index contributed by atoms with van der Waals surface area (Å²) in [6.45, 7) is 8.33. The fourth-order valence-corrected chi connectivity index (χ4v) is 5.76. The Morgan fingerprint density at radius 3 is 1.53 bits per heavy atom. The molecule has 0 aliphatic rings. The molecule has 0 radical (unpaired) electrons. The van der Waals surface area contributed by atoms with Crippen molar-refractivity contribution >= 4 is 35.1 Å². The van der Waals surface area contributed by atoms with Crippen LogP contribution in [0.15, 0.2) is 96.0 Å². The first-order valence-electron chi connectivity index (χ1n) is 11.6. The van der Waals surface area contributed by atoms with Gasteiger partial charge in [-0.15, -0.1) is 0 Å². The number of aliphatic imine (C=N–C) groups is 1. The zero-order valence-electron chi connectivity index (χ0n) is 20.9. The molecule has 0 aliphatic heterocycles. The molecule has 0 saturated carbocycles. The molecule has 0 unspecified atom stereocenters. The Hall–Kier alpha value is -2.36. The van der Waals surface area contributed by atoms with E-state index >= 15 is 0 Å². The molecule has 4 aromatic carbocycles. The average molecular weight is 550 g/mol. The van der Waals surface area contributed by atoms with E-state index < -0.39 is 10.8 Å². The SMILES string of the molecule is CC(C)(c1ccccc1)c1c(O)c(C=Nc2ccccc2)c(Cl)c(C(C)(C)c2ccccc2)c1Cl.[Ti]. The van der Waals surface area contributed by atoms with Crippen LogP contribution in [-0.4, -0.2) is 11.3 Å². The predicted molar refractivity (Wildman–Crippen MR) is 149 cm³/mol. The van der Waals surface area contributed by atoms with Crippen LogP contribution in [0.2, 0.25) is 10.0 Å². The minimum Gasteiger partial charge on any atom is -0.507 e. The molecule has 0 bridgehead atoms. The molecule has 0 spiro atoms. The van der Waals surface area contributed by atoms with E-state index in [2.05, 4.69) is 44.8 Å². The first-order valence-corrected chi connectivity index (χ1v) is 12.4. The maximum Gasteiger partial charge on any atom is 0.131 e. The Bertz CT molecular complexity index is 1270. The van der Waals surface area contributed by atoms with Gasteiger partial charge in [0.15, 0.2) is 0 Å². The van der Waals surface area contributed by atoms with E-state index in [-0.39, 0.29) is 27.5 Å². The number of benzene rings is 4. The maximum atomic E-state index is 11.6. The van der Waals surface area contributed by atoms with Crippen molar-refractivity contribution in [3.63, 3.8) is 0 Å². The monoisotopic (exact) mass is 549 g/mol. The summed E-state index contributed by atoms with van der Waals surface area (Å²) in [6, 6.07) is 29.8. The van der Waals surface area contributed by atoms with E-state index in [0.29, 0.717) is 21.2 Å². The molecule has 4 rings (SSSR count). The molecule has 0 aromatic heterocycles. The Morgan fingerprint density at radius 1 is 0.639 bits per heavy atom. The third-order valence-electron chi connectivity index (χ3n) is 6.73. The van der Waals surface area contributed by atoms with Crippen LogP contribution >= 0.6 is 23.2 Å². The fourth-order valence-electron chi connectivity index (χ4n) is 4.59. The second-order valence-corrected chi connectivity index (χ2v) is 10.5. The van der Waals surface area contributed by atoms with Crippen LogP contribution < -0.4 is 0 Å². The van der Waals surface area contributed by atoms with Crippen molar-refractivity contribution in [2.24, 2.45) is 4.99 Å². The van der Waals surface area contributed by atoms with Gasteiger partial charge in [-0.05, 0) is 23.3 Å². The number of nitrogens with zero attached hydrogens (tertiary/aromatic N) is 1. The number of rotatable bonds is 6. The minimum absolute atomic E-state index is 0. The zero-order chi connectivity index (χ0) is 25.2. The van der Waals surface area contributed by atoms with Crippen molar-refractivity contribution in [3.8, 4) is 5.75 Å². The first kappa shape index (κ1) is 28.2. The molecule has 182 valence electrons. The quantitative estimate of drug-likeness (QED) is 0.189. The van der Waals surface area contributed by atoms with Crippen molar-refractivity contribution < 1.29 is 26.8 Å². The van der Waals surface area contributed by atoms with Crippen LogP contribution in [0.5, 0.6) is 5.75 Å². The number of hydrogen-bond acceptors (Lipinski definition) is 2. The van der Waals surface area contributed by atoms with E-state index in [1.807, 2.05) is 78.9 Å². The van der Waals surface area contributed by atoms with Gasteiger partial charge < -0.3 is 5.11 Å². The van der Waals surface area contributed by atoms with E-state index in [1.165, 1.54) is 0 Å². The van der Waals surface area contributed by atoms with Crippen LogP contribution in [0.1, 0.15) is 55.5 Å². The van der Waals surface area contributed by atoms with Gasteiger partial charge in [-0.3, -0.25) is 4.99 Å². The molecule has 5 heteroatoms. The van der Waals surface area contributed by atoms with Gasteiger partial charge in [0.25, 0.3) is 0 Å². The number of phenols is 1. The van der Waals surface area contributed by atoms with Crippen LogP contribution in [0, 0.1) is 0 Å². The van der Waals surface area contributed by atoms with Crippen LogP contribution in [0.25, 0.3) is 0 Å². The third-order valence-corrected chi connectivity index (χ3v) is 7.50. The average Bonchev–Trinajstić information content (AvgIpc) is 2.85. The van der Waals surface area contributed by atoms with E-state index in [4.69, 9.17) is 23.2 Å². The predicted octanol–water partition coefficient (Wildman–Crippen LogP) is 9.10. The van der Waals surface area contributed by atoms with Gasteiger partial charge in [-0.1, -0.05) is 130 Å². The van der Waals surface area contributed by atoms with Crippen LogP contribution in [0.4, 0.5) is 5.69 Å². The summed E-state index contributed by atoms with van der Waals surface area (Å²) >= 11 is 14.2. The van der Waals surface area contributed by atoms with E-state index in [0.717, 1.165) is 22.4 Å². The van der Waals surface area contributed by atoms with Crippen LogP contribution in [0.3, 0.4) is 0 Å². The topological polar surface area (TPSA) is 32.6 Å². The molecule has 0 atom stereocenters. The van der Waals surface area contributed by atoms with Gasteiger partial charge >= 0.3 is 0 Å². The molecule has 0 amide bonds. The summed E-state index contributed by atoms with van der Waals surface area (Å²) < 4.78 is 0. The van der Waals surface area contributed by atoms with Crippen molar-refractivity contribution in [1.29, 1.82) is 0 Å². The Morgan fingerprint density at radius 2 is 1.06 bits per heavy atom. The number of hydrogen-bond donors (Lipinski definition) is 1. The van der Waals surface area contributed by atoms with Crippen molar-refractivity contribution in [1.82, 2.24) is 0 Å². The van der Waals surface area contributed by atoms with Gasteiger partial charge in [0.2, 0.25) is 0 Å². The summed E-state index contributed by atoms with van der Waals surface area (Å²) in [4.78, 5) is 4.61. The summed E-state index contributed by atoms with van der Waals surface area (Å²) in [5.74, 6) is 0.0427. The van der Waals surface area contributed by atoms with Gasteiger partial charge in [0.05, 0.1) is 21.3 Å². The molecule has 0 heterocycles. The zero-order valence-corrected chi connectivity index (χ0v) is 24.0. The molecule has 4 aromatic rings. The third kappa shape index (κ3) is 5.33. The van der Waals surface area contributed by atoms with Crippen molar-refractivity contribution in [2.75, 3.05) is 0 Å². The molecule has 36 heavy (non-hydrogen) atoms. The van der Waals surface area contributed by atoms with Gasteiger partial charge in [-0.25, -0.2) is 0 Å². The molecular weight excluding hydrogens is 521 g/mol. The summed E-state index contributed by atoms with van der Waals surface area (Å²) in [5, 5.41) is 12.5. The molecule has 0 fully saturated rings. The van der Waals surface area contributed by atoms with Gasteiger partial charge in [-0.2, -0.15) is 0 Å². The number of aromatic hydroxyl groups is 1. The molecular formula is C31H29Cl2NOTi. The molecule has 0 aliphatic carbocycles. The number of para-hydroxylation sites is 1. The summed E-state index contributed by atoms with van der Waals surface area (Å²) in [7, 11) is 0. The van der Waals surface area contributed by atoms with Crippen molar-refractivity contribution in [2.45, 2.75) is 38.5 Å². The summed E-state index contributed by atoms with van der Waals surface area (Å²) in [6.07, 6.45) is 1.64. The largest absolute Gasteiger partial charge is 0.507 e. The first-order chi connectivity index (χ1) is 16.7. The molecule has 0 saturated heterocycles. The smallest absolute Gasteiger partial charge is 0.131 e.